The molecule has 0 fully saturated rings. The molecule has 112 valence electrons. The number of hydrogen-bond donors (Lipinski definition) is 1. The Hall–Kier alpha value is -1.46. The fraction of sp³-hybridized carbons (Fsp3) is 0.500. The molecule has 6 heteroatoms. The first kappa shape index (κ1) is 16.6. The summed E-state index contributed by atoms with van der Waals surface area (Å²) in [6, 6.07) is 5.08. The molecule has 0 radical (unpaired) electrons. The summed E-state index contributed by atoms with van der Waals surface area (Å²) in [4.78, 5) is 12.0. The van der Waals surface area contributed by atoms with E-state index in [1.807, 2.05) is 0 Å². The van der Waals surface area contributed by atoms with Gasteiger partial charge in [-0.25, -0.2) is 0 Å². The van der Waals surface area contributed by atoms with Crippen molar-refractivity contribution in [3.05, 3.63) is 23.8 Å². The van der Waals surface area contributed by atoms with Crippen molar-refractivity contribution in [1.29, 1.82) is 0 Å². The van der Waals surface area contributed by atoms with Crippen molar-refractivity contribution < 1.29 is 19.0 Å². The molecule has 0 aromatic heterocycles. The van der Waals surface area contributed by atoms with Crippen molar-refractivity contribution in [3.8, 4) is 11.5 Å². The Balaban J connectivity index is 2.46. The van der Waals surface area contributed by atoms with Gasteiger partial charge in [-0.05, 0) is 18.6 Å². The highest BCUT2D eigenvalue weighted by Gasteiger charge is 2.12. The molecule has 1 amide bonds. The van der Waals surface area contributed by atoms with Gasteiger partial charge in [0.15, 0.2) is 0 Å². The van der Waals surface area contributed by atoms with E-state index >= 15 is 0 Å². The lowest BCUT2D eigenvalue weighted by Gasteiger charge is -2.10. The number of benzene rings is 1. The Morgan fingerprint density at radius 2 is 2.05 bits per heavy atom. The first-order valence-corrected chi connectivity index (χ1v) is 6.90. The van der Waals surface area contributed by atoms with Crippen LogP contribution in [0.4, 0.5) is 0 Å². The fourth-order valence-electron chi connectivity index (χ4n) is 1.61. The van der Waals surface area contributed by atoms with Gasteiger partial charge in [-0.15, -0.1) is 11.6 Å². The Bertz CT molecular complexity index is 426. The minimum Gasteiger partial charge on any atom is -0.497 e. The highest BCUT2D eigenvalue weighted by molar-refractivity contribution is 6.17. The second-order valence-corrected chi connectivity index (χ2v) is 4.35. The van der Waals surface area contributed by atoms with Crippen LogP contribution in [-0.4, -0.2) is 45.8 Å². The van der Waals surface area contributed by atoms with Crippen LogP contribution < -0.4 is 14.8 Å². The van der Waals surface area contributed by atoms with Gasteiger partial charge in [0.05, 0.1) is 26.4 Å². The zero-order valence-corrected chi connectivity index (χ0v) is 12.5. The van der Waals surface area contributed by atoms with Crippen molar-refractivity contribution in [2.45, 2.75) is 6.42 Å². The van der Waals surface area contributed by atoms with Gasteiger partial charge in [0, 0.05) is 25.1 Å². The van der Waals surface area contributed by atoms with E-state index in [-0.39, 0.29) is 5.91 Å². The normalized spacial score (nSPS) is 10.2. The summed E-state index contributed by atoms with van der Waals surface area (Å²) in [5.41, 5.74) is 0.481. The maximum absolute atomic E-state index is 12.0. The summed E-state index contributed by atoms with van der Waals surface area (Å²) in [5.74, 6) is 1.44. The second-order valence-electron chi connectivity index (χ2n) is 3.98. The smallest absolute Gasteiger partial charge is 0.255 e. The Labute approximate surface area is 124 Å². The zero-order valence-electron chi connectivity index (χ0n) is 11.8. The average Bonchev–Trinajstić information content (AvgIpc) is 2.49. The maximum atomic E-state index is 12.0. The summed E-state index contributed by atoms with van der Waals surface area (Å²) in [6.45, 7) is 1.64. The summed E-state index contributed by atoms with van der Waals surface area (Å²) in [6.07, 6.45) is 0.737. The number of carbonyl (C=O) groups excluding carboxylic acids is 1. The molecule has 0 saturated heterocycles. The quantitative estimate of drug-likeness (QED) is 0.560. The predicted octanol–water partition coefficient (Wildman–Crippen LogP) is 2.08. The molecule has 1 aromatic rings. The van der Waals surface area contributed by atoms with Crippen molar-refractivity contribution in [1.82, 2.24) is 5.32 Å². The number of methoxy groups -OCH3 is 2. The van der Waals surface area contributed by atoms with E-state index in [2.05, 4.69) is 5.32 Å². The third kappa shape index (κ3) is 5.27. The molecule has 1 aromatic carbocycles. The number of nitrogens with one attached hydrogen (secondary N) is 1. The second kappa shape index (κ2) is 9.44. The third-order valence-electron chi connectivity index (χ3n) is 2.63. The number of halogens is 1. The molecular weight excluding hydrogens is 282 g/mol. The third-order valence-corrected chi connectivity index (χ3v) is 2.78. The highest BCUT2D eigenvalue weighted by Crippen LogP contribution is 2.24. The van der Waals surface area contributed by atoms with Gasteiger partial charge in [0.25, 0.3) is 5.91 Å². The molecular formula is C14H20ClNO4. The Morgan fingerprint density at radius 1 is 1.25 bits per heavy atom. The molecule has 1 N–H and O–H groups in total. The lowest BCUT2D eigenvalue weighted by molar-refractivity contribution is 0.0941. The zero-order chi connectivity index (χ0) is 14.8. The summed E-state index contributed by atoms with van der Waals surface area (Å²) < 4.78 is 15.5. The van der Waals surface area contributed by atoms with Gasteiger partial charge >= 0.3 is 0 Å². The van der Waals surface area contributed by atoms with Crippen molar-refractivity contribution >= 4 is 17.5 Å². The van der Waals surface area contributed by atoms with E-state index in [0.29, 0.717) is 42.7 Å². The molecule has 20 heavy (non-hydrogen) atoms. The van der Waals surface area contributed by atoms with E-state index in [0.717, 1.165) is 6.42 Å². The SMILES string of the molecule is COc1ccc(C(=O)NCCCOCCCl)c(OC)c1. The van der Waals surface area contributed by atoms with Crippen LogP contribution >= 0.6 is 11.6 Å². The standard InChI is InChI=1S/C14H20ClNO4/c1-18-11-4-5-12(13(10-11)19-2)14(17)16-7-3-8-20-9-6-15/h4-5,10H,3,6-9H2,1-2H3,(H,16,17). The molecule has 5 nitrogen and oxygen atoms in total. The number of hydrogen-bond acceptors (Lipinski definition) is 4. The molecule has 0 aliphatic carbocycles. The van der Waals surface area contributed by atoms with Crippen LogP contribution in [0.5, 0.6) is 11.5 Å². The van der Waals surface area contributed by atoms with Crippen LogP contribution in [0.3, 0.4) is 0 Å². The highest BCUT2D eigenvalue weighted by atomic mass is 35.5. The van der Waals surface area contributed by atoms with Gasteiger partial charge in [-0.2, -0.15) is 0 Å². The number of carbonyl (C=O) groups is 1. The molecule has 0 aliphatic rings. The lowest BCUT2D eigenvalue weighted by Crippen LogP contribution is -2.25. The van der Waals surface area contributed by atoms with Crippen LogP contribution in [0.2, 0.25) is 0 Å². The fourth-order valence-corrected chi connectivity index (χ4v) is 1.72. The summed E-state index contributed by atoms with van der Waals surface area (Å²) >= 11 is 5.48. The minimum atomic E-state index is -0.179. The van der Waals surface area contributed by atoms with Gasteiger partial charge in [0.2, 0.25) is 0 Å². The van der Waals surface area contributed by atoms with E-state index < -0.39 is 0 Å². The van der Waals surface area contributed by atoms with Gasteiger partial charge in [-0.3, -0.25) is 4.79 Å². The molecule has 1 rings (SSSR count). The predicted molar refractivity (Wildman–Crippen MR) is 78.0 cm³/mol. The van der Waals surface area contributed by atoms with Crippen LogP contribution in [-0.2, 0) is 4.74 Å². The molecule has 0 heterocycles. The number of ether oxygens (including phenoxy) is 3. The Morgan fingerprint density at radius 3 is 2.70 bits per heavy atom. The van der Waals surface area contributed by atoms with Gasteiger partial charge < -0.3 is 19.5 Å². The van der Waals surface area contributed by atoms with Crippen molar-refractivity contribution in [2.75, 3.05) is 39.9 Å². The van der Waals surface area contributed by atoms with E-state index in [1.165, 1.54) is 7.11 Å². The van der Waals surface area contributed by atoms with Crippen molar-refractivity contribution in [2.24, 2.45) is 0 Å². The monoisotopic (exact) mass is 301 g/mol. The van der Waals surface area contributed by atoms with E-state index in [4.69, 9.17) is 25.8 Å². The molecule has 0 bridgehead atoms. The average molecular weight is 302 g/mol. The number of rotatable bonds is 9. The largest absolute Gasteiger partial charge is 0.497 e. The molecule has 0 spiro atoms. The van der Waals surface area contributed by atoms with E-state index in [1.54, 1.807) is 25.3 Å². The number of alkyl halides is 1. The molecule has 0 unspecified atom stereocenters. The minimum absolute atomic E-state index is 0.179. The lowest BCUT2D eigenvalue weighted by atomic mass is 10.1. The van der Waals surface area contributed by atoms with Crippen LogP contribution in [0.15, 0.2) is 18.2 Å². The topological polar surface area (TPSA) is 56.8 Å². The maximum Gasteiger partial charge on any atom is 0.255 e. The summed E-state index contributed by atoms with van der Waals surface area (Å²) in [7, 11) is 3.08. The van der Waals surface area contributed by atoms with Crippen LogP contribution in [0, 0.1) is 0 Å². The number of amides is 1. The summed E-state index contributed by atoms with van der Waals surface area (Å²) in [5, 5.41) is 2.82. The molecule has 0 atom stereocenters. The van der Waals surface area contributed by atoms with Crippen LogP contribution in [0.1, 0.15) is 16.8 Å². The molecule has 0 saturated carbocycles. The first-order chi connectivity index (χ1) is 9.72. The Kier molecular flexibility index (Phi) is 7.84. The van der Waals surface area contributed by atoms with Gasteiger partial charge in [0.1, 0.15) is 11.5 Å². The first-order valence-electron chi connectivity index (χ1n) is 6.37. The van der Waals surface area contributed by atoms with Gasteiger partial charge in [-0.1, -0.05) is 0 Å². The van der Waals surface area contributed by atoms with E-state index in [9.17, 15) is 4.79 Å². The van der Waals surface area contributed by atoms with Crippen LogP contribution in [0.25, 0.3) is 0 Å². The molecule has 0 aliphatic heterocycles. The van der Waals surface area contributed by atoms with Crippen molar-refractivity contribution in [3.63, 3.8) is 0 Å².